The molecule has 2 N–H and O–H groups in total. The van der Waals surface area contributed by atoms with Gasteiger partial charge in [0.1, 0.15) is 0 Å². The molecule has 3 rings (SSSR count). The van der Waals surface area contributed by atoms with Gasteiger partial charge in [-0.15, -0.1) is 0 Å². The molecule has 0 spiro atoms. The van der Waals surface area contributed by atoms with Crippen LogP contribution in [0.2, 0.25) is 0 Å². The van der Waals surface area contributed by atoms with Crippen molar-refractivity contribution in [2.24, 2.45) is 0 Å². The second-order valence-electron chi connectivity index (χ2n) is 4.72. The van der Waals surface area contributed by atoms with Crippen molar-refractivity contribution in [3.8, 4) is 6.07 Å². The van der Waals surface area contributed by atoms with Gasteiger partial charge < -0.3 is 10.4 Å². The molecule has 0 aliphatic carbocycles. The van der Waals surface area contributed by atoms with Crippen molar-refractivity contribution in [3.63, 3.8) is 0 Å². The summed E-state index contributed by atoms with van der Waals surface area (Å²) in [5.41, 5.74) is 2.39. The summed E-state index contributed by atoms with van der Waals surface area (Å²) < 4.78 is 0. The molecule has 0 saturated heterocycles. The molecule has 0 aromatic heterocycles. The van der Waals surface area contributed by atoms with E-state index < -0.39 is 5.97 Å². The molecule has 4 heteroatoms. The van der Waals surface area contributed by atoms with E-state index in [1.54, 1.807) is 24.3 Å². The lowest BCUT2D eigenvalue weighted by molar-refractivity contribution is 0.0696. The summed E-state index contributed by atoms with van der Waals surface area (Å²) in [6, 6.07) is 14.5. The molecule has 0 atom stereocenters. The maximum atomic E-state index is 11.2. The van der Waals surface area contributed by atoms with Crippen molar-refractivity contribution in [2.75, 3.05) is 6.54 Å². The number of carboxylic acids is 1. The number of fused-ring (bicyclic) bond motifs is 1. The highest BCUT2D eigenvalue weighted by molar-refractivity contribution is 5.88. The zero-order chi connectivity index (χ0) is 14.8. The summed E-state index contributed by atoms with van der Waals surface area (Å²) in [5.74, 6) is -0.962. The standard InChI is InChI=1S/C17H12N2O2/c18-10-13-3-1-2-4-14(13)16-15-9-12(17(20)21)6-5-11(15)7-8-19-16/h1-7,9,19H,8H2,(H,20,21). The Morgan fingerprint density at radius 2 is 2.05 bits per heavy atom. The molecule has 0 fully saturated rings. The predicted octanol–water partition coefficient (Wildman–Crippen LogP) is 0.797. The van der Waals surface area contributed by atoms with Gasteiger partial charge in [0.25, 0.3) is 0 Å². The quantitative estimate of drug-likeness (QED) is 0.851. The summed E-state index contributed by atoms with van der Waals surface area (Å²) >= 11 is 0. The van der Waals surface area contributed by atoms with E-state index in [2.05, 4.69) is 11.4 Å². The third kappa shape index (κ3) is 2.26. The van der Waals surface area contributed by atoms with Crippen LogP contribution in [-0.2, 0) is 0 Å². The maximum absolute atomic E-state index is 11.2. The Bertz CT molecular complexity index is 892. The summed E-state index contributed by atoms with van der Waals surface area (Å²) in [5, 5.41) is 23.4. The number of rotatable bonds is 2. The van der Waals surface area contributed by atoms with Crippen LogP contribution < -0.4 is 15.8 Å². The minimum absolute atomic E-state index is 0.234. The lowest BCUT2D eigenvalue weighted by Gasteiger charge is -2.15. The number of hydrogen-bond donors (Lipinski definition) is 2. The fourth-order valence-corrected chi connectivity index (χ4v) is 2.48. The average Bonchev–Trinajstić information content (AvgIpc) is 2.53. The minimum Gasteiger partial charge on any atom is -0.478 e. The van der Waals surface area contributed by atoms with Crippen LogP contribution in [0.4, 0.5) is 0 Å². The van der Waals surface area contributed by atoms with Crippen LogP contribution in [0, 0.1) is 11.3 Å². The maximum Gasteiger partial charge on any atom is 0.335 e. The van der Waals surface area contributed by atoms with Gasteiger partial charge >= 0.3 is 5.97 Å². The van der Waals surface area contributed by atoms with Crippen molar-refractivity contribution in [1.82, 2.24) is 5.32 Å². The number of nitrogens with zero attached hydrogens (tertiary/aromatic N) is 1. The van der Waals surface area contributed by atoms with Crippen LogP contribution in [-0.4, -0.2) is 17.6 Å². The zero-order valence-electron chi connectivity index (χ0n) is 11.1. The molecule has 1 aliphatic rings. The number of nitriles is 1. The molecule has 1 heterocycles. The van der Waals surface area contributed by atoms with E-state index in [1.807, 2.05) is 24.3 Å². The zero-order valence-corrected chi connectivity index (χ0v) is 11.1. The fraction of sp³-hybridized carbons (Fsp3) is 0.0588. The van der Waals surface area contributed by atoms with Gasteiger partial charge in [-0.1, -0.05) is 30.3 Å². The van der Waals surface area contributed by atoms with Gasteiger partial charge in [0.05, 0.1) is 22.9 Å². The average molecular weight is 276 g/mol. The van der Waals surface area contributed by atoms with E-state index >= 15 is 0 Å². The number of carboxylic acid groups (broad SMARTS) is 1. The smallest absolute Gasteiger partial charge is 0.335 e. The Labute approximate surface area is 121 Å². The number of benzene rings is 2. The van der Waals surface area contributed by atoms with E-state index in [9.17, 15) is 10.1 Å². The highest BCUT2D eigenvalue weighted by Gasteiger charge is 2.12. The highest BCUT2D eigenvalue weighted by Crippen LogP contribution is 2.14. The molecule has 0 saturated carbocycles. The van der Waals surface area contributed by atoms with Crippen molar-refractivity contribution in [1.29, 1.82) is 5.26 Å². The van der Waals surface area contributed by atoms with Crippen molar-refractivity contribution in [2.45, 2.75) is 0 Å². The fourth-order valence-electron chi connectivity index (χ4n) is 2.48. The minimum atomic E-state index is -0.962. The van der Waals surface area contributed by atoms with Crippen LogP contribution >= 0.6 is 0 Å². The first-order valence-electron chi connectivity index (χ1n) is 6.52. The van der Waals surface area contributed by atoms with Crippen LogP contribution in [0.1, 0.15) is 21.5 Å². The SMILES string of the molecule is N#Cc1ccccc1C1=c2cc(C(=O)O)ccc2=CCN1. The second-order valence-corrected chi connectivity index (χ2v) is 4.72. The molecular weight excluding hydrogens is 264 g/mol. The number of nitrogens with one attached hydrogen (secondary N) is 1. The topological polar surface area (TPSA) is 73.1 Å². The third-order valence-corrected chi connectivity index (χ3v) is 3.49. The van der Waals surface area contributed by atoms with E-state index in [0.29, 0.717) is 12.1 Å². The molecule has 4 nitrogen and oxygen atoms in total. The van der Waals surface area contributed by atoms with Crippen LogP contribution in [0.15, 0.2) is 42.5 Å². The lowest BCUT2D eigenvalue weighted by Crippen LogP contribution is -2.38. The van der Waals surface area contributed by atoms with Gasteiger partial charge in [-0.25, -0.2) is 4.79 Å². The first-order chi connectivity index (χ1) is 10.2. The Balaban J connectivity index is 2.37. The molecule has 21 heavy (non-hydrogen) atoms. The lowest BCUT2D eigenvalue weighted by atomic mass is 9.99. The van der Waals surface area contributed by atoms with Gasteiger partial charge in [0.15, 0.2) is 0 Å². The van der Waals surface area contributed by atoms with E-state index in [4.69, 9.17) is 5.11 Å². The van der Waals surface area contributed by atoms with Crippen LogP contribution in [0.25, 0.3) is 11.8 Å². The number of aromatic carboxylic acids is 1. The number of carbonyl (C=O) groups is 1. The monoisotopic (exact) mass is 276 g/mol. The Morgan fingerprint density at radius 3 is 2.81 bits per heavy atom. The van der Waals surface area contributed by atoms with Gasteiger partial charge in [-0.3, -0.25) is 0 Å². The first-order valence-corrected chi connectivity index (χ1v) is 6.52. The Hall–Kier alpha value is -3.06. The first kappa shape index (κ1) is 12.9. The molecule has 102 valence electrons. The Morgan fingerprint density at radius 1 is 1.24 bits per heavy atom. The van der Waals surface area contributed by atoms with Crippen LogP contribution in [0.3, 0.4) is 0 Å². The van der Waals surface area contributed by atoms with E-state index in [-0.39, 0.29) is 5.56 Å². The van der Waals surface area contributed by atoms with Gasteiger partial charge in [0, 0.05) is 17.3 Å². The number of hydrogen-bond acceptors (Lipinski definition) is 3. The third-order valence-electron chi connectivity index (χ3n) is 3.49. The summed E-state index contributed by atoms with van der Waals surface area (Å²) in [4.78, 5) is 11.2. The summed E-state index contributed by atoms with van der Waals surface area (Å²) in [7, 11) is 0. The highest BCUT2D eigenvalue weighted by atomic mass is 16.4. The molecule has 0 radical (unpaired) electrons. The summed E-state index contributed by atoms with van der Waals surface area (Å²) in [6.45, 7) is 0.647. The van der Waals surface area contributed by atoms with Gasteiger partial charge in [-0.05, 0) is 23.4 Å². The van der Waals surface area contributed by atoms with Crippen molar-refractivity contribution in [3.05, 3.63) is 69.6 Å². The van der Waals surface area contributed by atoms with Gasteiger partial charge in [0.2, 0.25) is 0 Å². The molecule has 1 aliphatic heterocycles. The van der Waals surface area contributed by atoms with E-state index in [0.717, 1.165) is 21.7 Å². The van der Waals surface area contributed by atoms with Crippen molar-refractivity contribution >= 4 is 17.7 Å². The van der Waals surface area contributed by atoms with Crippen molar-refractivity contribution < 1.29 is 9.90 Å². The van der Waals surface area contributed by atoms with Crippen LogP contribution in [0.5, 0.6) is 0 Å². The van der Waals surface area contributed by atoms with E-state index in [1.165, 1.54) is 0 Å². The van der Waals surface area contributed by atoms with Gasteiger partial charge in [-0.2, -0.15) is 5.26 Å². The normalized spacial score (nSPS) is 12.6. The molecule has 2 aromatic rings. The second kappa shape index (κ2) is 5.14. The molecule has 0 amide bonds. The largest absolute Gasteiger partial charge is 0.478 e. The summed E-state index contributed by atoms with van der Waals surface area (Å²) in [6.07, 6.45) is 2.00. The Kier molecular flexibility index (Phi) is 3.17. The molecular formula is C17H12N2O2. The molecule has 0 unspecified atom stereocenters. The predicted molar refractivity (Wildman–Crippen MR) is 78.8 cm³/mol. The molecule has 0 bridgehead atoms. The molecule has 2 aromatic carbocycles.